The average molecular weight is 379 g/mol. The minimum Gasteiger partial charge on any atom is -0.469 e. The molecular formula is C21H34N2O4. The van der Waals surface area contributed by atoms with Crippen LogP contribution in [0.1, 0.15) is 71.6 Å². The Kier molecular flexibility index (Phi) is 8.32. The van der Waals surface area contributed by atoms with Gasteiger partial charge in [0.15, 0.2) is 0 Å². The summed E-state index contributed by atoms with van der Waals surface area (Å²) in [5.41, 5.74) is 0. The summed E-state index contributed by atoms with van der Waals surface area (Å²) in [6.07, 6.45) is 11.7. The topological polar surface area (TPSA) is 66.9 Å². The van der Waals surface area contributed by atoms with Crippen molar-refractivity contribution in [1.82, 2.24) is 9.80 Å². The third-order valence-corrected chi connectivity index (χ3v) is 5.59. The minimum absolute atomic E-state index is 0.00428. The number of nitrogens with zero attached hydrogens (tertiary/aromatic N) is 2. The zero-order valence-corrected chi connectivity index (χ0v) is 17.0. The van der Waals surface area contributed by atoms with Crippen molar-refractivity contribution in [3.8, 4) is 0 Å². The van der Waals surface area contributed by atoms with Gasteiger partial charge in [0, 0.05) is 31.3 Å². The Morgan fingerprint density at radius 2 is 1.81 bits per heavy atom. The Bertz CT molecular complexity index is 552. The number of unbranched alkanes of at least 4 members (excludes halogenated alkanes) is 2. The lowest BCUT2D eigenvalue weighted by molar-refractivity contribution is -0.148. The van der Waals surface area contributed by atoms with E-state index in [4.69, 9.17) is 0 Å². The summed E-state index contributed by atoms with van der Waals surface area (Å²) >= 11 is 0. The molecule has 0 radical (unpaired) electrons. The molecule has 0 aromatic heterocycles. The SMILES string of the molecule is COC(=O)CCCCCN1C=CN(C(=O)C2CCCCC2)C(C(C)C)C1=O. The molecule has 6 nitrogen and oxygen atoms in total. The molecule has 1 fully saturated rings. The van der Waals surface area contributed by atoms with E-state index >= 15 is 0 Å². The monoisotopic (exact) mass is 378 g/mol. The van der Waals surface area contributed by atoms with Crippen molar-refractivity contribution in [3.63, 3.8) is 0 Å². The van der Waals surface area contributed by atoms with Crippen LogP contribution in [0.2, 0.25) is 0 Å². The van der Waals surface area contributed by atoms with E-state index in [0.717, 1.165) is 44.9 Å². The van der Waals surface area contributed by atoms with Gasteiger partial charge in [-0.1, -0.05) is 39.5 Å². The van der Waals surface area contributed by atoms with Crippen LogP contribution in [-0.4, -0.2) is 47.3 Å². The van der Waals surface area contributed by atoms with Crippen LogP contribution in [0.4, 0.5) is 0 Å². The zero-order chi connectivity index (χ0) is 19.8. The molecule has 1 saturated carbocycles. The number of rotatable bonds is 8. The van der Waals surface area contributed by atoms with Gasteiger partial charge in [0.25, 0.3) is 0 Å². The molecule has 2 aliphatic rings. The molecule has 0 saturated heterocycles. The summed E-state index contributed by atoms with van der Waals surface area (Å²) in [4.78, 5) is 40.5. The highest BCUT2D eigenvalue weighted by molar-refractivity contribution is 5.91. The van der Waals surface area contributed by atoms with Gasteiger partial charge in [0.2, 0.25) is 11.8 Å². The van der Waals surface area contributed by atoms with Crippen molar-refractivity contribution in [2.75, 3.05) is 13.7 Å². The maximum absolute atomic E-state index is 13.0. The van der Waals surface area contributed by atoms with Crippen molar-refractivity contribution in [3.05, 3.63) is 12.4 Å². The number of hydrogen-bond acceptors (Lipinski definition) is 4. The predicted molar refractivity (Wildman–Crippen MR) is 103 cm³/mol. The number of methoxy groups -OCH3 is 1. The van der Waals surface area contributed by atoms with Gasteiger partial charge in [0.1, 0.15) is 6.04 Å². The van der Waals surface area contributed by atoms with Crippen LogP contribution in [0.5, 0.6) is 0 Å². The lowest BCUT2D eigenvalue weighted by atomic mass is 9.87. The van der Waals surface area contributed by atoms with Crippen LogP contribution in [0.15, 0.2) is 12.4 Å². The van der Waals surface area contributed by atoms with Crippen molar-refractivity contribution in [2.24, 2.45) is 11.8 Å². The van der Waals surface area contributed by atoms with E-state index in [1.54, 1.807) is 22.2 Å². The van der Waals surface area contributed by atoms with Gasteiger partial charge in [-0.25, -0.2) is 0 Å². The molecule has 1 aliphatic carbocycles. The molecule has 0 aromatic carbocycles. The molecule has 1 unspecified atom stereocenters. The third kappa shape index (κ3) is 5.81. The van der Waals surface area contributed by atoms with Crippen molar-refractivity contribution in [2.45, 2.75) is 77.7 Å². The van der Waals surface area contributed by atoms with Gasteiger partial charge in [-0.05, 0) is 31.6 Å². The standard InChI is InChI=1S/C21H34N2O4/c1-16(2)19-21(26)22(13-9-5-8-12-18(24)27-3)14-15-23(19)20(25)17-10-6-4-7-11-17/h14-17,19H,4-13H2,1-3H3. The Labute approximate surface area is 162 Å². The van der Waals surface area contributed by atoms with Crippen LogP contribution in [0.25, 0.3) is 0 Å². The molecule has 6 heteroatoms. The highest BCUT2D eigenvalue weighted by Crippen LogP contribution is 2.29. The van der Waals surface area contributed by atoms with Crippen LogP contribution in [-0.2, 0) is 19.1 Å². The summed E-state index contributed by atoms with van der Waals surface area (Å²) in [7, 11) is 1.39. The molecule has 2 amide bonds. The second kappa shape index (κ2) is 10.5. The predicted octanol–water partition coefficient (Wildman–Crippen LogP) is 3.47. The minimum atomic E-state index is -0.417. The van der Waals surface area contributed by atoms with E-state index in [-0.39, 0.29) is 29.6 Å². The maximum Gasteiger partial charge on any atom is 0.305 e. The van der Waals surface area contributed by atoms with Gasteiger partial charge >= 0.3 is 5.97 Å². The zero-order valence-electron chi connectivity index (χ0n) is 17.0. The molecule has 0 N–H and O–H groups in total. The molecule has 2 rings (SSSR count). The van der Waals surface area contributed by atoms with Crippen molar-refractivity contribution in [1.29, 1.82) is 0 Å². The summed E-state index contributed by atoms with van der Waals surface area (Å²) in [5.74, 6) is 0.0418. The molecule has 0 spiro atoms. The first-order valence-corrected chi connectivity index (χ1v) is 10.3. The Hall–Kier alpha value is -1.85. The summed E-state index contributed by atoms with van der Waals surface area (Å²) < 4.78 is 4.64. The van der Waals surface area contributed by atoms with Gasteiger partial charge in [-0.2, -0.15) is 0 Å². The van der Waals surface area contributed by atoms with Crippen molar-refractivity contribution >= 4 is 17.8 Å². The maximum atomic E-state index is 13.0. The Morgan fingerprint density at radius 3 is 2.44 bits per heavy atom. The first kappa shape index (κ1) is 21.5. The number of esters is 1. The number of carbonyl (C=O) groups is 3. The van der Waals surface area contributed by atoms with E-state index in [9.17, 15) is 14.4 Å². The Morgan fingerprint density at radius 1 is 1.11 bits per heavy atom. The molecule has 1 heterocycles. The summed E-state index contributed by atoms with van der Waals surface area (Å²) in [6, 6.07) is -0.417. The molecule has 27 heavy (non-hydrogen) atoms. The number of carbonyl (C=O) groups excluding carboxylic acids is 3. The lowest BCUT2D eigenvalue weighted by Crippen LogP contribution is -2.54. The fraction of sp³-hybridized carbons (Fsp3) is 0.762. The molecule has 0 aromatic rings. The smallest absolute Gasteiger partial charge is 0.305 e. The molecule has 1 aliphatic heterocycles. The number of amides is 2. The van der Waals surface area contributed by atoms with Crippen molar-refractivity contribution < 1.29 is 19.1 Å². The normalized spacial score (nSPS) is 21.0. The molecule has 1 atom stereocenters. The van der Waals surface area contributed by atoms with E-state index in [0.29, 0.717) is 13.0 Å². The van der Waals surface area contributed by atoms with E-state index in [1.807, 2.05) is 13.8 Å². The highest BCUT2D eigenvalue weighted by atomic mass is 16.5. The quantitative estimate of drug-likeness (QED) is 0.479. The largest absolute Gasteiger partial charge is 0.469 e. The second-order valence-corrected chi connectivity index (χ2v) is 7.99. The highest BCUT2D eigenvalue weighted by Gasteiger charge is 2.38. The van der Waals surface area contributed by atoms with Crippen LogP contribution in [0.3, 0.4) is 0 Å². The second-order valence-electron chi connectivity index (χ2n) is 7.99. The summed E-state index contributed by atoms with van der Waals surface area (Å²) in [6.45, 7) is 4.61. The van der Waals surface area contributed by atoms with Gasteiger partial charge < -0.3 is 14.5 Å². The first-order valence-electron chi connectivity index (χ1n) is 10.3. The molecule has 152 valence electrons. The fourth-order valence-electron chi connectivity index (χ4n) is 4.00. The molecular weight excluding hydrogens is 344 g/mol. The van der Waals surface area contributed by atoms with Gasteiger partial charge in [-0.3, -0.25) is 14.4 Å². The van der Waals surface area contributed by atoms with Crippen LogP contribution in [0, 0.1) is 11.8 Å². The molecule has 0 bridgehead atoms. The number of ether oxygens (including phenoxy) is 1. The van der Waals surface area contributed by atoms with E-state index in [2.05, 4.69) is 4.74 Å². The van der Waals surface area contributed by atoms with E-state index < -0.39 is 6.04 Å². The van der Waals surface area contributed by atoms with Crippen LogP contribution < -0.4 is 0 Å². The summed E-state index contributed by atoms with van der Waals surface area (Å²) in [5, 5.41) is 0. The third-order valence-electron chi connectivity index (χ3n) is 5.59. The number of hydrogen-bond donors (Lipinski definition) is 0. The van der Waals surface area contributed by atoms with Gasteiger partial charge in [0.05, 0.1) is 7.11 Å². The van der Waals surface area contributed by atoms with E-state index in [1.165, 1.54) is 13.5 Å². The first-order chi connectivity index (χ1) is 13.0. The fourth-order valence-corrected chi connectivity index (χ4v) is 4.00. The van der Waals surface area contributed by atoms with Gasteiger partial charge in [-0.15, -0.1) is 0 Å². The lowest BCUT2D eigenvalue weighted by Gasteiger charge is -2.39. The Balaban J connectivity index is 1.93. The van der Waals surface area contributed by atoms with Crippen LogP contribution >= 0.6 is 0 Å². The average Bonchev–Trinajstić information content (AvgIpc) is 2.68.